The number of nitrogens with one attached hydrogen (secondary N) is 2. The van der Waals surface area contributed by atoms with E-state index in [2.05, 4.69) is 20.7 Å². The molecular formula is C13H25N5O2. The zero-order chi connectivity index (χ0) is 14.8. The van der Waals surface area contributed by atoms with Gasteiger partial charge in [-0.3, -0.25) is 0 Å². The first-order valence-corrected chi connectivity index (χ1v) is 6.84. The first kappa shape index (κ1) is 16.6. The van der Waals surface area contributed by atoms with Crippen LogP contribution in [0.15, 0.2) is 6.07 Å². The van der Waals surface area contributed by atoms with E-state index in [-0.39, 0.29) is 0 Å². The molecule has 1 rings (SSSR count). The summed E-state index contributed by atoms with van der Waals surface area (Å²) in [5.41, 5.74) is 2.52. The van der Waals surface area contributed by atoms with Crippen molar-refractivity contribution < 1.29 is 9.47 Å². The lowest BCUT2D eigenvalue weighted by Crippen LogP contribution is -2.13. The van der Waals surface area contributed by atoms with Gasteiger partial charge in [0.1, 0.15) is 18.2 Å². The highest BCUT2D eigenvalue weighted by Gasteiger charge is 2.03. The number of anilines is 2. The van der Waals surface area contributed by atoms with Crippen LogP contribution in [-0.2, 0) is 16.1 Å². The zero-order valence-electron chi connectivity index (χ0n) is 12.5. The number of nitrogens with zero attached hydrogens (tertiary/aromatic N) is 2. The van der Waals surface area contributed by atoms with Crippen molar-refractivity contribution in [1.29, 1.82) is 0 Å². The van der Waals surface area contributed by atoms with E-state index in [0.717, 1.165) is 31.8 Å². The Labute approximate surface area is 120 Å². The van der Waals surface area contributed by atoms with E-state index in [9.17, 15) is 0 Å². The minimum absolute atomic E-state index is 0.291. The molecule has 0 spiro atoms. The largest absolute Gasteiger partial charge is 0.379 e. The molecule has 0 atom stereocenters. The number of hydrogen-bond acceptors (Lipinski definition) is 7. The normalized spacial score (nSPS) is 10.8. The third kappa shape index (κ3) is 6.65. The fourth-order valence-corrected chi connectivity index (χ4v) is 1.62. The monoisotopic (exact) mass is 283 g/mol. The van der Waals surface area contributed by atoms with Gasteiger partial charge in [-0.1, -0.05) is 0 Å². The number of ether oxygens (including phenoxy) is 2. The zero-order valence-corrected chi connectivity index (χ0v) is 12.5. The molecule has 0 unspecified atom stereocenters. The molecule has 0 saturated heterocycles. The van der Waals surface area contributed by atoms with Crippen LogP contribution in [0.5, 0.6) is 0 Å². The second-order valence-electron chi connectivity index (χ2n) is 4.69. The summed E-state index contributed by atoms with van der Waals surface area (Å²) in [6.45, 7) is 6.05. The second kappa shape index (κ2) is 9.46. The van der Waals surface area contributed by atoms with E-state index in [0.29, 0.717) is 24.4 Å². The van der Waals surface area contributed by atoms with E-state index in [1.165, 1.54) is 0 Å². The van der Waals surface area contributed by atoms with Gasteiger partial charge in [-0.2, -0.15) is 0 Å². The summed E-state index contributed by atoms with van der Waals surface area (Å²) >= 11 is 0. The number of methoxy groups -OCH3 is 1. The number of hydrazine groups is 1. The van der Waals surface area contributed by atoms with Crippen LogP contribution in [-0.4, -0.2) is 36.3 Å². The standard InChI is InChI=1S/C13H25N5O2/c1-10(2)20-7-5-4-6-15-11-8-12(18-14)17-13(16-11)9-19-3/h8,10H,4-7,9,14H2,1-3H3,(H2,15,16,17,18). The van der Waals surface area contributed by atoms with Gasteiger partial charge in [-0.05, 0) is 26.7 Å². The van der Waals surface area contributed by atoms with Crippen LogP contribution >= 0.6 is 0 Å². The van der Waals surface area contributed by atoms with Gasteiger partial charge in [0.05, 0.1) is 6.10 Å². The van der Waals surface area contributed by atoms with Crippen LogP contribution in [0.4, 0.5) is 11.6 Å². The van der Waals surface area contributed by atoms with Crippen LogP contribution in [0.3, 0.4) is 0 Å². The van der Waals surface area contributed by atoms with Crippen molar-refractivity contribution in [1.82, 2.24) is 9.97 Å². The van der Waals surface area contributed by atoms with Gasteiger partial charge in [-0.15, -0.1) is 0 Å². The highest BCUT2D eigenvalue weighted by molar-refractivity contribution is 5.46. The molecule has 0 bridgehead atoms. The van der Waals surface area contributed by atoms with Gasteiger partial charge in [-0.25, -0.2) is 15.8 Å². The summed E-state index contributed by atoms with van der Waals surface area (Å²) in [6.07, 6.45) is 2.32. The first-order chi connectivity index (χ1) is 9.65. The molecule has 0 aromatic carbocycles. The molecule has 0 aliphatic heterocycles. The Hall–Kier alpha value is -1.44. The maximum atomic E-state index is 5.49. The predicted octanol–water partition coefficient (Wildman–Crippen LogP) is 1.53. The minimum Gasteiger partial charge on any atom is -0.379 e. The lowest BCUT2D eigenvalue weighted by Gasteiger charge is -2.10. The molecule has 114 valence electrons. The van der Waals surface area contributed by atoms with E-state index in [1.54, 1.807) is 13.2 Å². The van der Waals surface area contributed by atoms with Crippen LogP contribution in [0.2, 0.25) is 0 Å². The molecule has 0 fully saturated rings. The average Bonchev–Trinajstić information content (AvgIpc) is 2.42. The smallest absolute Gasteiger partial charge is 0.158 e. The number of nitrogens with two attached hydrogens (primary N) is 1. The molecule has 20 heavy (non-hydrogen) atoms. The van der Waals surface area contributed by atoms with E-state index in [4.69, 9.17) is 15.3 Å². The lowest BCUT2D eigenvalue weighted by atomic mass is 10.3. The molecule has 7 nitrogen and oxygen atoms in total. The van der Waals surface area contributed by atoms with Crippen molar-refractivity contribution >= 4 is 11.6 Å². The maximum Gasteiger partial charge on any atom is 0.158 e. The maximum absolute atomic E-state index is 5.49. The summed E-state index contributed by atoms with van der Waals surface area (Å²) in [4.78, 5) is 8.53. The quantitative estimate of drug-likeness (QED) is 0.340. The Bertz CT molecular complexity index is 387. The molecular weight excluding hydrogens is 258 g/mol. The second-order valence-corrected chi connectivity index (χ2v) is 4.69. The molecule has 1 aromatic rings. The molecule has 0 saturated carbocycles. The Morgan fingerprint density at radius 3 is 2.65 bits per heavy atom. The van der Waals surface area contributed by atoms with Crippen LogP contribution in [0.25, 0.3) is 0 Å². The van der Waals surface area contributed by atoms with E-state index in [1.807, 2.05) is 13.8 Å². The Balaban J connectivity index is 2.36. The fourth-order valence-electron chi connectivity index (χ4n) is 1.62. The van der Waals surface area contributed by atoms with Crippen LogP contribution in [0, 0.1) is 0 Å². The van der Waals surface area contributed by atoms with Crippen molar-refractivity contribution in [3.63, 3.8) is 0 Å². The molecule has 0 amide bonds. The molecule has 1 heterocycles. The number of rotatable bonds is 10. The van der Waals surface area contributed by atoms with Gasteiger partial charge in [0.15, 0.2) is 5.82 Å². The van der Waals surface area contributed by atoms with Crippen LogP contribution in [0.1, 0.15) is 32.5 Å². The average molecular weight is 283 g/mol. The predicted molar refractivity (Wildman–Crippen MR) is 79.4 cm³/mol. The van der Waals surface area contributed by atoms with Crippen LogP contribution < -0.4 is 16.6 Å². The fraction of sp³-hybridized carbons (Fsp3) is 0.692. The first-order valence-electron chi connectivity index (χ1n) is 6.84. The van der Waals surface area contributed by atoms with E-state index < -0.39 is 0 Å². The Morgan fingerprint density at radius 2 is 2.00 bits per heavy atom. The van der Waals surface area contributed by atoms with Crippen molar-refractivity contribution in [3.05, 3.63) is 11.9 Å². The highest BCUT2D eigenvalue weighted by Crippen LogP contribution is 2.11. The highest BCUT2D eigenvalue weighted by atomic mass is 16.5. The number of aromatic nitrogens is 2. The minimum atomic E-state index is 0.291. The molecule has 0 radical (unpaired) electrons. The van der Waals surface area contributed by atoms with Gasteiger partial charge in [0.2, 0.25) is 0 Å². The van der Waals surface area contributed by atoms with Gasteiger partial charge >= 0.3 is 0 Å². The van der Waals surface area contributed by atoms with Gasteiger partial charge < -0.3 is 20.2 Å². The van der Waals surface area contributed by atoms with Crippen molar-refractivity contribution in [2.45, 2.75) is 39.4 Å². The third-order valence-corrected chi connectivity index (χ3v) is 2.52. The number of nitrogen functional groups attached to an aromatic ring is 1. The van der Waals surface area contributed by atoms with Crippen molar-refractivity contribution in [2.75, 3.05) is 31.0 Å². The van der Waals surface area contributed by atoms with Crippen molar-refractivity contribution in [3.8, 4) is 0 Å². The SMILES string of the molecule is COCc1nc(NN)cc(NCCCCOC(C)C)n1. The summed E-state index contributed by atoms with van der Waals surface area (Å²) in [6, 6.07) is 1.77. The molecule has 0 aliphatic rings. The molecule has 1 aromatic heterocycles. The third-order valence-electron chi connectivity index (χ3n) is 2.52. The topological polar surface area (TPSA) is 94.3 Å². The van der Waals surface area contributed by atoms with Gasteiger partial charge in [0, 0.05) is 26.3 Å². The van der Waals surface area contributed by atoms with E-state index >= 15 is 0 Å². The molecule has 0 aliphatic carbocycles. The summed E-state index contributed by atoms with van der Waals surface area (Å²) in [5.74, 6) is 7.28. The van der Waals surface area contributed by atoms with Gasteiger partial charge in [0.25, 0.3) is 0 Å². The summed E-state index contributed by atoms with van der Waals surface area (Å²) in [5, 5.41) is 3.25. The number of hydrogen-bond donors (Lipinski definition) is 3. The Morgan fingerprint density at radius 1 is 1.25 bits per heavy atom. The summed E-state index contributed by atoms with van der Waals surface area (Å²) in [7, 11) is 1.60. The number of unbranched alkanes of at least 4 members (excludes halogenated alkanes) is 1. The molecule has 7 heteroatoms. The van der Waals surface area contributed by atoms with Crippen molar-refractivity contribution in [2.24, 2.45) is 5.84 Å². The summed E-state index contributed by atoms with van der Waals surface area (Å²) < 4.78 is 10.5. The molecule has 4 N–H and O–H groups in total. The lowest BCUT2D eigenvalue weighted by molar-refractivity contribution is 0.0765. The Kier molecular flexibility index (Phi) is 7.86.